The van der Waals surface area contributed by atoms with Gasteiger partial charge in [-0.15, -0.1) is 0 Å². The molecular formula is C10H15N5O. The second-order valence-corrected chi connectivity index (χ2v) is 3.79. The standard InChI is InChI=1S/C10H15N5O/c1-2-7-9(11)13-5-14-10(7)15-6-3-8(16)12-4-6/h5-6H,2-4H2,1H3,(H,12,16)(H3,11,13,14,15). The van der Waals surface area contributed by atoms with Gasteiger partial charge in [-0.3, -0.25) is 4.79 Å². The Labute approximate surface area is 93.7 Å². The van der Waals surface area contributed by atoms with Crippen LogP contribution >= 0.6 is 0 Å². The second kappa shape index (κ2) is 4.34. The van der Waals surface area contributed by atoms with Crippen LogP contribution in [0.1, 0.15) is 18.9 Å². The van der Waals surface area contributed by atoms with Gasteiger partial charge in [0.15, 0.2) is 0 Å². The van der Waals surface area contributed by atoms with Gasteiger partial charge >= 0.3 is 0 Å². The number of nitrogens with two attached hydrogens (primary N) is 1. The van der Waals surface area contributed by atoms with Crippen LogP contribution in [-0.4, -0.2) is 28.5 Å². The molecule has 4 N–H and O–H groups in total. The van der Waals surface area contributed by atoms with E-state index in [0.717, 1.165) is 17.8 Å². The molecule has 16 heavy (non-hydrogen) atoms. The number of nitrogens with one attached hydrogen (secondary N) is 2. The highest BCUT2D eigenvalue weighted by molar-refractivity contribution is 5.79. The van der Waals surface area contributed by atoms with E-state index in [4.69, 9.17) is 5.73 Å². The maximum atomic E-state index is 11.1. The molecule has 1 unspecified atom stereocenters. The van der Waals surface area contributed by atoms with Crippen molar-refractivity contribution < 1.29 is 4.79 Å². The molecular weight excluding hydrogens is 206 g/mol. The number of rotatable bonds is 3. The predicted molar refractivity (Wildman–Crippen MR) is 60.9 cm³/mol. The Morgan fingerprint density at radius 3 is 3.06 bits per heavy atom. The topological polar surface area (TPSA) is 92.9 Å². The lowest BCUT2D eigenvalue weighted by Crippen LogP contribution is -2.24. The zero-order chi connectivity index (χ0) is 11.5. The van der Waals surface area contributed by atoms with E-state index in [1.807, 2.05) is 6.92 Å². The van der Waals surface area contributed by atoms with Gasteiger partial charge in [-0.05, 0) is 6.42 Å². The molecule has 0 aromatic carbocycles. The summed E-state index contributed by atoms with van der Waals surface area (Å²) in [6, 6.07) is 0.0899. The number of hydrogen-bond donors (Lipinski definition) is 3. The maximum Gasteiger partial charge on any atom is 0.222 e. The third kappa shape index (κ3) is 2.05. The first-order valence-corrected chi connectivity index (χ1v) is 5.33. The molecule has 1 fully saturated rings. The molecule has 1 amide bonds. The van der Waals surface area contributed by atoms with Gasteiger partial charge in [0, 0.05) is 18.5 Å². The van der Waals surface area contributed by atoms with Gasteiger partial charge in [0.2, 0.25) is 5.91 Å². The van der Waals surface area contributed by atoms with Crippen LogP contribution in [0.2, 0.25) is 0 Å². The number of nitrogens with zero attached hydrogens (tertiary/aromatic N) is 2. The molecule has 1 aromatic rings. The fraction of sp³-hybridized carbons (Fsp3) is 0.500. The van der Waals surface area contributed by atoms with Crippen molar-refractivity contribution in [3.05, 3.63) is 11.9 Å². The third-order valence-corrected chi connectivity index (χ3v) is 2.65. The Kier molecular flexibility index (Phi) is 2.89. The fourth-order valence-corrected chi connectivity index (χ4v) is 1.80. The number of anilines is 2. The molecule has 6 nitrogen and oxygen atoms in total. The third-order valence-electron chi connectivity index (χ3n) is 2.65. The first-order valence-electron chi connectivity index (χ1n) is 5.33. The zero-order valence-electron chi connectivity index (χ0n) is 9.16. The van der Waals surface area contributed by atoms with Gasteiger partial charge in [0.05, 0.1) is 6.04 Å². The number of carbonyl (C=O) groups excluding carboxylic acids is 1. The molecule has 2 rings (SSSR count). The number of amides is 1. The van der Waals surface area contributed by atoms with Crippen molar-refractivity contribution in [3.63, 3.8) is 0 Å². The molecule has 0 radical (unpaired) electrons. The summed E-state index contributed by atoms with van der Waals surface area (Å²) in [7, 11) is 0. The molecule has 6 heteroatoms. The number of nitrogen functional groups attached to an aromatic ring is 1. The average Bonchev–Trinajstić information content (AvgIpc) is 2.64. The Hall–Kier alpha value is -1.85. The largest absolute Gasteiger partial charge is 0.383 e. The lowest BCUT2D eigenvalue weighted by Gasteiger charge is -2.14. The summed E-state index contributed by atoms with van der Waals surface area (Å²) >= 11 is 0. The second-order valence-electron chi connectivity index (χ2n) is 3.79. The van der Waals surface area contributed by atoms with Crippen molar-refractivity contribution in [1.29, 1.82) is 0 Å². The number of aromatic nitrogens is 2. The van der Waals surface area contributed by atoms with E-state index < -0.39 is 0 Å². The van der Waals surface area contributed by atoms with Crippen molar-refractivity contribution >= 4 is 17.5 Å². The van der Waals surface area contributed by atoms with Crippen LogP contribution < -0.4 is 16.4 Å². The smallest absolute Gasteiger partial charge is 0.222 e. The molecule has 86 valence electrons. The quantitative estimate of drug-likeness (QED) is 0.664. The first-order chi connectivity index (χ1) is 7.70. The van der Waals surface area contributed by atoms with Crippen LogP contribution in [0.3, 0.4) is 0 Å². The molecule has 1 saturated heterocycles. The molecule has 1 atom stereocenters. The van der Waals surface area contributed by atoms with Crippen molar-refractivity contribution in [1.82, 2.24) is 15.3 Å². The summed E-state index contributed by atoms with van der Waals surface area (Å²) in [5.41, 5.74) is 6.66. The van der Waals surface area contributed by atoms with E-state index in [1.54, 1.807) is 0 Å². The molecule has 0 spiro atoms. The van der Waals surface area contributed by atoms with Gasteiger partial charge in [0.25, 0.3) is 0 Å². The van der Waals surface area contributed by atoms with E-state index in [9.17, 15) is 4.79 Å². The summed E-state index contributed by atoms with van der Waals surface area (Å²) < 4.78 is 0. The Bertz CT molecular complexity index is 406. The van der Waals surface area contributed by atoms with E-state index in [1.165, 1.54) is 6.33 Å². The van der Waals surface area contributed by atoms with Crippen molar-refractivity contribution in [2.24, 2.45) is 0 Å². The first kappa shape index (κ1) is 10.7. The molecule has 0 aliphatic carbocycles. The maximum absolute atomic E-state index is 11.1. The normalized spacial score (nSPS) is 19.6. The monoisotopic (exact) mass is 221 g/mol. The molecule has 1 aliphatic rings. The number of hydrogen-bond acceptors (Lipinski definition) is 5. The lowest BCUT2D eigenvalue weighted by atomic mass is 10.2. The summed E-state index contributed by atoms with van der Waals surface area (Å²) in [6.07, 6.45) is 2.68. The molecule has 2 heterocycles. The average molecular weight is 221 g/mol. The molecule has 0 saturated carbocycles. The number of carbonyl (C=O) groups is 1. The van der Waals surface area contributed by atoms with Gasteiger partial charge in [-0.1, -0.05) is 6.92 Å². The molecule has 1 aliphatic heterocycles. The minimum Gasteiger partial charge on any atom is -0.383 e. The van der Waals surface area contributed by atoms with Crippen molar-refractivity contribution in [2.45, 2.75) is 25.8 Å². The van der Waals surface area contributed by atoms with Crippen molar-refractivity contribution in [3.8, 4) is 0 Å². The van der Waals surface area contributed by atoms with Gasteiger partial charge < -0.3 is 16.4 Å². The fourth-order valence-electron chi connectivity index (χ4n) is 1.80. The minimum absolute atomic E-state index is 0.0672. The predicted octanol–water partition coefficient (Wildman–Crippen LogP) is -0.0784. The van der Waals surface area contributed by atoms with Gasteiger partial charge in [-0.25, -0.2) is 9.97 Å². The highest BCUT2D eigenvalue weighted by Crippen LogP contribution is 2.19. The highest BCUT2D eigenvalue weighted by Gasteiger charge is 2.22. The van der Waals surface area contributed by atoms with Crippen LogP contribution in [0, 0.1) is 0 Å². The van der Waals surface area contributed by atoms with Gasteiger partial charge in [-0.2, -0.15) is 0 Å². The highest BCUT2D eigenvalue weighted by atomic mass is 16.1. The molecule has 1 aromatic heterocycles. The summed E-state index contributed by atoms with van der Waals surface area (Å²) in [5, 5.41) is 5.98. The van der Waals surface area contributed by atoms with E-state index >= 15 is 0 Å². The Morgan fingerprint density at radius 2 is 2.44 bits per heavy atom. The Morgan fingerprint density at radius 1 is 1.62 bits per heavy atom. The van der Waals surface area contributed by atoms with Crippen LogP contribution in [0.4, 0.5) is 11.6 Å². The van der Waals surface area contributed by atoms with E-state index in [0.29, 0.717) is 18.8 Å². The Balaban J connectivity index is 2.14. The van der Waals surface area contributed by atoms with Crippen molar-refractivity contribution in [2.75, 3.05) is 17.6 Å². The lowest BCUT2D eigenvalue weighted by molar-refractivity contribution is -0.119. The van der Waals surface area contributed by atoms with Crippen LogP contribution in [0.25, 0.3) is 0 Å². The van der Waals surface area contributed by atoms with E-state index in [-0.39, 0.29) is 11.9 Å². The van der Waals surface area contributed by atoms with Crippen LogP contribution in [0.15, 0.2) is 6.33 Å². The van der Waals surface area contributed by atoms with E-state index in [2.05, 4.69) is 20.6 Å². The summed E-state index contributed by atoms with van der Waals surface area (Å²) in [6.45, 7) is 2.63. The van der Waals surface area contributed by atoms with Crippen LogP contribution in [-0.2, 0) is 11.2 Å². The zero-order valence-corrected chi connectivity index (χ0v) is 9.16. The minimum atomic E-state index is 0.0672. The van der Waals surface area contributed by atoms with Crippen LogP contribution in [0.5, 0.6) is 0 Å². The summed E-state index contributed by atoms with van der Waals surface area (Å²) in [4.78, 5) is 19.2. The molecule has 0 bridgehead atoms. The SMILES string of the molecule is CCc1c(N)ncnc1NC1CNC(=O)C1. The van der Waals surface area contributed by atoms with Gasteiger partial charge in [0.1, 0.15) is 18.0 Å². The summed E-state index contributed by atoms with van der Waals surface area (Å²) in [5.74, 6) is 1.30.